The smallest absolute Gasteiger partial charge is 0.0578 e. The van der Waals surface area contributed by atoms with Crippen LogP contribution < -0.4 is 0 Å². The molecule has 4 unspecified atom stereocenters. The van der Waals surface area contributed by atoms with Gasteiger partial charge in [-0.2, -0.15) is 0 Å². The van der Waals surface area contributed by atoms with Crippen LogP contribution in [0.4, 0.5) is 0 Å². The molecule has 0 aromatic carbocycles. The van der Waals surface area contributed by atoms with Gasteiger partial charge in [0.25, 0.3) is 0 Å². The van der Waals surface area contributed by atoms with Crippen molar-refractivity contribution >= 4 is 0 Å². The Labute approximate surface area is 179 Å². The van der Waals surface area contributed by atoms with E-state index in [4.69, 9.17) is 0 Å². The molecule has 162 valence electrons. The van der Waals surface area contributed by atoms with Crippen LogP contribution in [0, 0.1) is 40.4 Å². The monoisotopic (exact) mass is 396 g/mol. The fourth-order valence-electron chi connectivity index (χ4n) is 7.51. The van der Waals surface area contributed by atoms with E-state index in [1.54, 1.807) is 11.1 Å². The molecule has 1 nitrogen and oxygen atoms in total. The minimum absolute atomic E-state index is 0.109. The maximum Gasteiger partial charge on any atom is 0.0578 e. The van der Waals surface area contributed by atoms with Crippen LogP contribution >= 0.6 is 0 Å². The Morgan fingerprint density at radius 1 is 1.03 bits per heavy atom. The molecule has 4 aliphatic carbocycles. The number of aliphatic hydroxyl groups is 1. The number of fused-ring (bicyclic) bond motifs is 4. The van der Waals surface area contributed by atoms with Gasteiger partial charge in [-0.05, 0) is 86.4 Å². The zero-order valence-corrected chi connectivity index (χ0v) is 19.8. The van der Waals surface area contributed by atoms with Crippen LogP contribution in [0.2, 0.25) is 0 Å². The van der Waals surface area contributed by atoms with Crippen molar-refractivity contribution < 1.29 is 5.11 Å². The van der Waals surface area contributed by atoms with Crippen molar-refractivity contribution in [1.82, 2.24) is 0 Å². The fourth-order valence-corrected chi connectivity index (χ4v) is 7.51. The van der Waals surface area contributed by atoms with Crippen LogP contribution in [0.25, 0.3) is 0 Å². The van der Waals surface area contributed by atoms with Crippen LogP contribution in [0.5, 0.6) is 0 Å². The molecule has 4 aliphatic rings. The highest BCUT2D eigenvalue weighted by Gasteiger charge is 2.54. The predicted octanol–water partition coefficient (Wildman–Crippen LogP) is 7.47. The Morgan fingerprint density at radius 2 is 1.79 bits per heavy atom. The van der Waals surface area contributed by atoms with Crippen molar-refractivity contribution in [2.75, 3.05) is 0 Å². The number of hydrogen-bond acceptors (Lipinski definition) is 1. The van der Waals surface area contributed by atoms with E-state index >= 15 is 0 Å². The summed E-state index contributed by atoms with van der Waals surface area (Å²) in [5.74, 6) is 3.69. The maximum absolute atomic E-state index is 10.2. The molecule has 0 aromatic rings. The molecule has 7 atom stereocenters. The molecule has 0 spiro atoms. The summed E-state index contributed by atoms with van der Waals surface area (Å²) in [6.07, 6.45) is 17.1. The molecule has 0 saturated heterocycles. The molecule has 2 fully saturated rings. The number of allylic oxidation sites excluding steroid dienone is 5. The van der Waals surface area contributed by atoms with Crippen molar-refractivity contribution in [3.05, 3.63) is 34.9 Å². The maximum atomic E-state index is 10.2. The number of hydrogen-bond donors (Lipinski definition) is 1. The molecule has 0 amide bonds. The zero-order chi connectivity index (χ0) is 21.0. The Hall–Kier alpha value is -0.820. The summed E-state index contributed by atoms with van der Waals surface area (Å²) in [4.78, 5) is 0. The first-order valence-electron chi connectivity index (χ1n) is 12.4. The molecule has 29 heavy (non-hydrogen) atoms. The highest BCUT2D eigenvalue weighted by molar-refractivity contribution is 5.43. The van der Waals surface area contributed by atoms with Crippen LogP contribution in [-0.2, 0) is 0 Å². The zero-order valence-electron chi connectivity index (χ0n) is 19.8. The largest absolute Gasteiger partial charge is 0.393 e. The summed E-state index contributed by atoms with van der Waals surface area (Å²) in [5.41, 5.74) is 5.88. The minimum atomic E-state index is -0.109. The third-order valence-electron chi connectivity index (χ3n) is 9.91. The first-order chi connectivity index (χ1) is 13.7. The van der Waals surface area contributed by atoms with Gasteiger partial charge in [-0.3, -0.25) is 0 Å². The quantitative estimate of drug-likeness (QED) is 0.488. The van der Waals surface area contributed by atoms with Crippen molar-refractivity contribution in [3.63, 3.8) is 0 Å². The van der Waals surface area contributed by atoms with E-state index in [0.717, 1.165) is 43.4 Å². The van der Waals surface area contributed by atoms with Gasteiger partial charge >= 0.3 is 0 Å². The van der Waals surface area contributed by atoms with E-state index in [1.807, 2.05) is 5.57 Å². The van der Waals surface area contributed by atoms with E-state index in [9.17, 15) is 5.11 Å². The molecular formula is C28H44O. The molecule has 1 N–H and O–H groups in total. The molecule has 0 aromatic heterocycles. The van der Waals surface area contributed by atoms with E-state index in [2.05, 4.69) is 59.8 Å². The van der Waals surface area contributed by atoms with E-state index < -0.39 is 0 Å². The summed E-state index contributed by atoms with van der Waals surface area (Å²) in [6.45, 7) is 14.6. The summed E-state index contributed by atoms with van der Waals surface area (Å²) >= 11 is 0. The third kappa shape index (κ3) is 3.50. The molecule has 0 aliphatic heterocycles. The van der Waals surface area contributed by atoms with Crippen molar-refractivity contribution in [2.45, 2.75) is 99.0 Å². The summed E-state index contributed by atoms with van der Waals surface area (Å²) < 4.78 is 0. The number of rotatable bonds is 4. The first-order valence-corrected chi connectivity index (χ1v) is 12.4. The van der Waals surface area contributed by atoms with Gasteiger partial charge in [0.1, 0.15) is 0 Å². The average molecular weight is 397 g/mol. The van der Waals surface area contributed by atoms with Gasteiger partial charge in [-0.15, -0.1) is 0 Å². The Kier molecular flexibility index (Phi) is 5.69. The van der Waals surface area contributed by atoms with E-state index in [1.165, 1.54) is 25.7 Å². The van der Waals surface area contributed by atoms with Crippen molar-refractivity contribution in [3.8, 4) is 0 Å². The average Bonchev–Trinajstić information content (AvgIpc) is 3.03. The Balaban J connectivity index is 1.57. The van der Waals surface area contributed by atoms with Gasteiger partial charge in [0.15, 0.2) is 0 Å². The molecule has 1 heteroatoms. The Morgan fingerprint density at radius 3 is 2.52 bits per heavy atom. The molecule has 0 heterocycles. The number of aliphatic hydroxyl groups excluding tert-OH is 1. The topological polar surface area (TPSA) is 20.2 Å². The van der Waals surface area contributed by atoms with Crippen LogP contribution in [-0.4, -0.2) is 11.2 Å². The van der Waals surface area contributed by atoms with Gasteiger partial charge in [-0.25, -0.2) is 0 Å². The lowest BCUT2D eigenvalue weighted by atomic mass is 9.53. The van der Waals surface area contributed by atoms with E-state index in [-0.39, 0.29) is 11.5 Å². The van der Waals surface area contributed by atoms with Gasteiger partial charge in [-0.1, -0.05) is 76.5 Å². The lowest BCUT2D eigenvalue weighted by Gasteiger charge is -2.52. The lowest BCUT2D eigenvalue weighted by Crippen LogP contribution is -2.41. The molecule has 4 rings (SSSR count). The highest BCUT2D eigenvalue weighted by Crippen LogP contribution is 2.64. The molecule has 0 bridgehead atoms. The third-order valence-corrected chi connectivity index (χ3v) is 9.91. The van der Waals surface area contributed by atoms with E-state index in [0.29, 0.717) is 17.3 Å². The highest BCUT2D eigenvalue weighted by atomic mass is 16.3. The summed E-state index contributed by atoms with van der Waals surface area (Å²) in [5, 5.41) is 10.2. The SMILES string of the molecule is CC(C)C(C)/C=C/C(C)C1CCC2C3=C(CC[C@@]21C)[C@@]1(C)CC[C@H](O)CC1=CC3. The van der Waals surface area contributed by atoms with Crippen LogP contribution in [0.3, 0.4) is 0 Å². The molecule has 2 saturated carbocycles. The van der Waals surface area contributed by atoms with Crippen LogP contribution in [0.1, 0.15) is 92.9 Å². The predicted molar refractivity (Wildman–Crippen MR) is 124 cm³/mol. The molecular weight excluding hydrogens is 352 g/mol. The molecule has 0 radical (unpaired) electrons. The first kappa shape index (κ1) is 21.4. The normalized spacial score (nSPS) is 41.8. The van der Waals surface area contributed by atoms with Gasteiger partial charge in [0.2, 0.25) is 0 Å². The second-order valence-electron chi connectivity index (χ2n) is 11.8. The second kappa shape index (κ2) is 7.70. The van der Waals surface area contributed by atoms with Gasteiger partial charge < -0.3 is 5.11 Å². The minimum Gasteiger partial charge on any atom is -0.393 e. The van der Waals surface area contributed by atoms with Crippen molar-refractivity contribution in [2.24, 2.45) is 40.4 Å². The summed E-state index contributed by atoms with van der Waals surface area (Å²) in [6, 6.07) is 0. The Bertz CT molecular complexity index is 725. The second-order valence-corrected chi connectivity index (χ2v) is 11.8. The summed E-state index contributed by atoms with van der Waals surface area (Å²) in [7, 11) is 0. The van der Waals surface area contributed by atoms with Crippen LogP contribution in [0.15, 0.2) is 34.9 Å². The van der Waals surface area contributed by atoms with Gasteiger partial charge in [0, 0.05) is 5.41 Å². The standard InChI is InChI=1S/C28H44O/c1-18(2)19(3)7-8-20(4)24-11-12-25-23-10-9-21-17-22(29)13-15-27(21,5)26(23)14-16-28(24,25)6/h7-9,18-20,22,24-25,29H,10-17H2,1-6H3/b8-7+/t19?,20?,22-,24?,25?,27-,28+/m0/s1. The van der Waals surface area contributed by atoms with Gasteiger partial charge in [0.05, 0.1) is 6.10 Å². The lowest BCUT2D eigenvalue weighted by molar-refractivity contribution is 0.0971. The van der Waals surface area contributed by atoms with Crippen molar-refractivity contribution in [1.29, 1.82) is 0 Å². The fraction of sp³-hybridized carbons (Fsp3) is 0.786.